The topological polar surface area (TPSA) is 18.5 Å². The van der Waals surface area contributed by atoms with Crippen LogP contribution in [-0.4, -0.2) is 44.7 Å². The van der Waals surface area contributed by atoms with E-state index in [1.165, 1.54) is 12.1 Å². The zero-order valence-corrected chi connectivity index (χ0v) is 12.4. The molecule has 1 saturated heterocycles. The Kier molecular flexibility index (Phi) is 4.94. The monoisotopic (exact) mass is 283 g/mol. The Morgan fingerprint density at radius 1 is 1.30 bits per heavy atom. The molecule has 1 aromatic carbocycles. The maximum Gasteiger partial charge on any atom is 0.149 e. The van der Waals surface area contributed by atoms with Crippen LogP contribution in [-0.2, 0) is 6.54 Å². The summed E-state index contributed by atoms with van der Waals surface area (Å²) in [6, 6.07) is 3.23. The Labute approximate surface area is 119 Å². The van der Waals surface area contributed by atoms with Crippen molar-refractivity contribution in [2.45, 2.75) is 25.9 Å². The molecule has 1 N–H and O–H groups in total. The minimum absolute atomic E-state index is 0.120. The standard InChI is InChI=1S/C15H23F2N3/c1-4-18-9-11-7-13(16)15(14(17)8-11)20-6-5-12(10-20)19(2)3/h7-8,12,18H,4-6,9-10H2,1-3H3. The Balaban J connectivity index is 2.16. The maximum atomic E-state index is 14.2. The van der Waals surface area contributed by atoms with Crippen LogP contribution in [0.3, 0.4) is 0 Å². The lowest BCUT2D eigenvalue weighted by Gasteiger charge is -2.23. The van der Waals surface area contributed by atoms with Crippen molar-refractivity contribution >= 4 is 5.69 Å². The van der Waals surface area contributed by atoms with E-state index < -0.39 is 11.6 Å². The number of nitrogens with zero attached hydrogens (tertiary/aromatic N) is 2. The molecular formula is C15H23F2N3. The van der Waals surface area contributed by atoms with Crippen LogP contribution in [0.1, 0.15) is 18.9 Å². The number of nitrogens with one attached hydrogen (secondary N) is 1. The van der Waals surface area contributed by atoms with Crippen molar-refractivity contribution < 1.29 is 8.78 Å². The molecule has 0 saturated carbocycles. The van der Waals surface area contributed by atoms with Gasteiger partial charge in [0.1, 0.15) is 17.3 Å². The Morgan fingerprint density at radius 2 is 1.95 bits per heavy atom. The highest BCUT2D eigenvalue weighted by Crippen LogP contribution is 2.29. The normalized spacial score (nSPS) is 19.1. The van der Waals surface area contributed by atoms with Crippen molar-refractivity contribution in [2.75, 3.05) is 38.6 Å². The van der Waals surface area contributed by atoms with Crippen LogP contribution >= 0.6 is 0 Å². The van der Waals surface area contributed by atoms with E-state index in [-0.39, 0.29) is 5.69 Å². The molecule has 0 amide bonds. The summed E-state index contributed by atoms with van der Waals surface area (Å²) in [7, 11) is 4.00. The van der Waals surface area contributed by atoms with Crippen molar-refractivity contribution in [1.29, 1.82) is 0 Å². The highest BCUT2D eigenvalue weighted by molar-refractivity contribution is 5.51. The predicted octanol–water partition coefficient (Wildman–Crippen LogP) is 2.21. The maximum absolute atomic E-state index is 14.2. The summed E-state index contributed by atoms with van der Waals surface area (Å²) in [6.07, 6.45) is 0.936. The number of anilines is 1. The molecule has 1 fully saturated rings. The number of halogens is 2. The summed E-state index contributed by atoms with van der Waals surface area (Å²) in [5.74, 6) is -0.922. The molecule has 0 spiro atoms. The molecule has 112 valence electrons. The Bertz CT molecular complexity index is 439. The van der Waals surface area contributed by atoms with Gasteiger partial charge in [0.05, 0.1) is 0 Å². The molecule has 0 aliphatic carbocycles. The molecule has 1 atom stereocenters. The molecule has 0 aromatic heterocycles. The quantitative estimate of drug-likeness (QED) is 0.894. The lowest BCUT2D eigenvalue weighted by molar-refractivity contribution is 0.315. The van der Waals surface area contributed by atoms with Crippen molar-refractivity contribution in [2.24, 2.45) is 0 Å². The van der Waals surface area contributed by atoms with Gasteiger partial charge in [0.2, 0.25) is 0 Å². The molecule has 1 aromatic rings. The molecule has 2 rings (SSSR count). The number of likely N-dealkylation sites (N-methyl/N-ethyl adjacent to an activating group) is 1. The van der Waals surface area contributed by atoms with Gasteiger partial charge in [0.15, 0.2) is 0 Å². The smallest absolute Gasteiger partial charge is 0.149 e. The number of hydrogen-bond donors (Lipinski definition) is 1. The van der Waals surface area contributed by atoms with Crippen molar-refractivity contribution in [1.82, 2.24) is 10.2 Å². The average molecular weight is 283 g/mol. The summed E-state index contributed by atoms with van der Waals surface area (Å²) >= 11 is 0. The molecule has 1 aliphatic rings. The van der Waals surface area contributed by atoms with E-state index in [0.29, 0.717) is 31.2 Å². The molecule has 1 unspecified atom stereocenters. The minimum Gasteiger partial charge on any atom is -0.365 e. The summed E-state index contributed by atoms with van der Waals surface area (Å²) in [5.41, 5.74) is 0.767. The first-order valence-electron chi connectivity index (χ1n) is 7.13. The second-order valence-corrected chi connectivity index (χ2v) is 5.54. The zero-order chi connectivity index (χ0) is 14.7. The highest BCUT2D eigenvalue weighted by atomic mass is 19.1. The largest absolute Gasteiger partial charge is 0.365 e. The average Bonchev–Trinajstić information content (AvgIpc) is 2.85. The third-order valence-electron chi connectivity index (χ3n) is 3.87. The van der Waals surface area contributed by atoms with E-state index in [0.717, 1.165) is 13.0 Å². The number of hydrogen-bond acceptors (Lipinski definition) is 3. The molecule has 20 heavy (non-hydrogen) atoms. The van der Waals surface area contributed by atoms with Gasteiger partial charge < -0.3 is 15.1 Å². The van der Waals surface area contributed by atoms with Gasteiger partial charge in [-0.15, -0.1) is 0 Å². The van der Waals surface area contributed by atoms with E-state index in [1.807, 2.05) is 25.9 Å². The lowest BCUT2D eigenvalue weighted by atomic mass is 10.1. The first kappa shape index (κ1) is 15.2. The first-order chi connectivity index (χ1) is 9.52. The summed E-state index contributed by atoms with van der Waals surface area (Å²) in [4.78, 5) is 3.92. The minimum atomic E-state index is -0.461. The van der Waals surface area contributed by atoms with Crippen LogP contribution in [0.25, 0.3) is 0 Å². The summed E-state index contributed by atoms with van der Waals surface area (Å²) < 4.78 is 28.4. The first-order valence-corrected chi connectivity index (χ1v) is 7.13. The van der Waals surface area contributed by atoms with Crippen LogP contribution < -0.4 is 10.2 Å². The van der Waals surface area contributed by atoms with Gasteiger partial charge >= 0.3 is 0 Å². The van der Waals surface area contributed by atoms with Gasteiger partial charge in [0.25, 0.3) is 0 Å². The van der Waals surface area contributed by atoms with Crippen LogP contribution in [0.4, 0.5) is 14.5 Å². The molecule has 1 heterocycles. The van der Waals surface area contributed by atoms with Crippen molar-refractivity contribution in [3.63, 3.8) is 0 Å². The van der Waals surface area contributed by atoms with Gasteiger partial charge in [0, 0.05) is 25.7 Å². The Morgan fingerprint density at radius 3 is 2.45 bits per heavy atom. The van der Waals surface area contributed by atoms with E-state index in [4.69, 9.17) is 0 Å². The molecule has 5 heteroatoms. The number of rotatable bonds is 5. The van der Waals surface area contributed by atoms with Gasteiger partial charge in [-0.05, 0) is 44.8 Å². The van der Waals surface area contributed by atoms with Gasteiger partial charge in [-0.1, -0.05) is 6.92 Å². The van der Waals surface area contributed by atoms with E-state index in [2.05, 4.69) is 10.2 Å². The van der Waals surface area contributed by atoms with Gasteiger partial charge in [-0.25, -0.2) is 8.78 Å². The molecule has 1 aliphatic heterocycles. The third kappa shape index (κ3) is 3.27. The van der Waals surface area contributed by atoms with Gasteiger partial charge in [-0.3, -0.25) is 0 Å². The van der Waals surface area contributed by atoms with Crippen LogP contribution in [0.15, 0.2) is 12.1 Å². The van der Waals surface area contributed by atoms with Gasteiger partial charge in [-0.2, -0.15) is 0 Å². The second kappa shape index (κ2) is 6.50. The molecule has 3 nitrogen and oxygen atoms in total. The number of benzene rings is 1. The van der Waals surface area contributed by atoms with E-state index >= 15 is 0 Å². The summed E-state index contributed by atoms with van der Waals surface area (Å²) in [6.45, 7) is 4.61. The van der Waals surface area contributed by atoms with E-state index in [1.54, 1.807) is 0 Å². The SMILES string of the molecule is CCNCc1cc(F)c(N2CCC(N(C)C)C2)c(F)c1. The fourth-order valence-electron chi connectivity index (χ4n) is 2.66. The predicted molar refractivity (Wildman–Crippen MR) is 78.0 cm³/mol. The molecule has 0 bridgehead atoms. The fourth-order valence-corrected chi connectivity index (χ4v) is 2.66. The van der Waals surface area contributed by atoms with Crippen LogP contribution in [0.2, 0.25) is 0 Å². The van der Waals surface area contributed by atoms with Crippen LogP contribution in [0.5, 0.6) is 0 Å². The summed E-state index contributed by atoms with van der Waals surface area (Å²) in [5, 5.41) is 3.08. The fraction of sp³-hybridized carbons (Fsp3) is 0.600. The second-order valence-electron chi connectivity index (χ2n) is 5.54. The van der Waals surface area contributed by atoms with Crippen molar-refractivity contribution in [3.05, 3.63) is 29.3 Å². The molecule has 0 radical (unpaired) electrons. The zero-order valence-electron chi connectivity index (χ0n) is 12.4. The van der Waals surface area contributed by atoms with Crippen LogP contribution in [0, 0.1) is 11.6 Å². The van der Waals surface area contributed by atoms with E-state index in [9.17, 15) is 8.78 Å². The van der Waals surface area contributed by atoms with Crippen molar-refractivity contribution in [3.8, 4) is 0 Å². The lowest BCUT2D eigenvalue weighted by Crippen LogP contribution is -2.32. The third-order valence-corrected chi connectivity index (χ3v) is 3.87. The highest BCUT2D eigenvalue weighted by Gasteiger charge is 2.28. The Hall–Kier alpha value is -1.20. The molecular weight excluding hydrogens is 260 g/mol.